The zero-order chi connectivity index (χ0) is 20.6. The number of hydrogen-bond donors (Lipinski definition) is 1. The Balaban J connectivity index is 2.41. The van der Waals surface area contributed by atoms with Gasteiger partial charge in [0.2, 0.25) is 0 Å². The van der Waals surface area contributed by atoms with E-state index < -0.39 is 27.7 Å². The summed E-state index contributed by atoms with van der Waals surface area (Å²) >= 11 is 5.66. The second kappa shape index (κ2) is 7.35. The Kier molecular flexibility index (Phi) is 5.71. The third-order valence-corrected chi connectivity index (χ3v) is 5.53. The topological polar surface area (TPSA) is 81.1 Å². The number of carbonyl (C=O) groups excluding carboxylic acids is 1. The molecule has 2 aromatic rings. The van der Waals surface area contributed by atoms with Crippen molar-refractivity contribution in [2.45, 2.75) is 24.9 Å². The molecule has 1 aromatic heterocycles. The molecule has 0 saturated heterocycles. The van der Waals surface area contributed by atoms with Crippen LogP contribution in [0.15, 0.2) is 35.2 Å². The molecule has 0 aliphatic carbocycles. The summed E-state index contributed by atoms with van der Waals surface area (Å²) in [6.45, 7) is 2.88. The lowest BCUT2D eigenvalue weighted by Crippen LogP contribution is -2.30. The van der Waals surface area contributed by atoms with Gasteiger partial charge in [-0.05, 0) is 31.5 Å². The maximum atomic E-state index is 13.3. The van der Waals surface area contributed by atoms with E-state index in [1.807, 2.05) is 0 Å². The standard InChI is InChI=1S/C16H15ClF3N3O3S/c1-9-15(10(2)23(3)21-9)27(25,26)22-14(24)8-13(16(18,19)20)11-4-6-12(17)7-5-11/h4-8H,1-3H3,(H,22,24). The van der Waals surface area contributed by atoms with Crippen LogP contribution >= 0.6 is 11.6 Å². The maximum Gasteiger partial charge on any atom is 0.417 e. The molecule has 0 radical (unpaired) electrons. The van der Waals surface area contributed by atoms with Crippen molar-refractivity contribution < 1.29 is 26.4 Å². The molecule has 0 fully saturated rings. The van der Waals surface area contributed by atoms with Crippen LogP contribution in [0.1, 0.15) is 17.0 Å². The first-order chi connectivity index (χ1) is 12.3. The number of benzene rings is 1. The molecule has 0 saturated carbocycles. The smallest absolute Gasteiger partial charge is 0.271 e. The van der Waals surface area contributed by atoms with Gasteiger partial charge in [0, 0.05) is 18.1 Å². The minimum absolute atomic E-state index is 0.119. The average molecular weight is 422 g/mol. The first-order valence-electron chi connectivity index (χ1n) is 7.44. The average Bonchev–Trinajstić information content (AvgIpc) is 2.77. The SMILES string of the molecule is Cc1nn(C)c(C)c1S(=O)(=O)NC(=O)C=C(c1ccc(Cl)cc1)C(F)(F)F. The van der Waals surface area contributed by atoms with Crippen LogP contribution in [-0.2, 0) is 21.9 Å². The molecular weight excluding hydrogens is 407 g/mol. The number of hydrogen-bond acceptors (Lipinski definition) is 4. The van der Waals surface area contributed by atoms with E-state index in [0.29, 0.717) is 0 Å². The molecule has 0 aliphatic rings. The third-order valence-electron chi connectivity index (χ3n) is 3.68. The summed E-state index contributed by atoms with van der Waals surface area (Å²) in [6, 6.07) is 4.62. The Morgan fingerprint density at radius 3 is 2.22 bits per heavy atom. The number of aryl methyl sites for hydroxylation is 2. The quantitative estimate of drug-likeness (QED) is 0.769. The van der Waals surface area contributed by atoms with Gasteiger partial charge in [-0.2, -0.15) is 18.3 Å². The van der Waals surface area contributed by atoms with Crippen molar-refractivity contribution in [2.75, 3.05) is 0 Å². The highest BCUT2D eigenvalue weighted by atomic mass is 35.5. The van der Waals surface area contributed by atoms with Gasteiger partial charge >= 0.3 is 6.18 Å². The van der Waals surface area contributed by atoms with Gasteiger partial charge in [0.1, 0.15) is 4.90 Å². The third kappa shape index (κ3) is 4.69. The summed E-state index contributed by atoms with van der Waals surface area (Å²) in [7, 11) is -2.89. The van der Waals surface area contributed by atoms with Gasteiger partial charge in [0.05, 0.1) is 17.0 Å². The van der Waals surface area contributed by atoms with Gasteiger partial charge in [-0.3, -0.25) is 9.48 Å². The van der Waals surface area contributed by atoms with Crippen LogP contribution in [0.2, 0.25) is 5.02 Å². The van der Waals surface area contributed by atoms with Crippen LogP contribution in [0.4, 0.5) is 13.2 Å². The van der Waals surface area contributed by atoms with Crippen molar-refractivity contribution in [1.82, 2.24) is 14.5 Å². The van der Waals surface area contributed by atoms with E-state index in [4.69, 9.17) is 11.6 Å². The van der Waals surface area contributed by atoms with Gasteiger partial charge < -0.3 is 0 Å². The zero-order valence-corrected chi connectivity index (χ0v) is 16.0. The van der Waals surface area contributed by atoms with Crippen molar-refractivity contribution in [3.63, 3.8) is 0 Å². The van der Waals surface area contributed by atoms with Crippen molar-refractivity contribution in [3.05, 3.63) is 52.3 Å². The second-order valence-electron chi connectivity index (χ2n) is 5.66. The molecular formula is C16H15ClF3N3O3S. The van der Waals surface area contributed by atoms with Crippen LogP contribution in [0.3, 0.4) is 0 Å². The summed E-state index contributed by atoms with van der Waals surface area (Å²) in [6.07, 6.45) is -4.68. The minimum atomic E-state index is -4.88. The number of nitrogens with one attached hydrogen (secondary N) is 1. The predicted molar refractivity (Wildman–Crippen MR) is 93.5 cm³/mol. The normalized spacial score (nSPS) is 12.9. The van der Waals surface area contributed by atoms with E-state index in [9.17, 15) is 26.4 Å². The van der Waals surface area contributed by atoms with Gasteiger partial charge in [-0.1, -0.05) is 23.7 Å². The molecule has 6 nitrogen and oxygen atoms in total. The molecule has 1 amide bonds. The lowest BCUT2D eigenvalue weighted by atomic mass is 10.1. The summed E-state index contributed by atoms with van der Waals surface area (Å²) in [4.78, 5) is 11.8. The van der Waals surface area contributed by atoms with E-state index >= 15 is 0 Å². The molecule has 1 aromatic carbocycles. The molecule has 146 valence electrons. The molecule has 2 rings (SSSR count). The Morgan fingerprint density at radius 1 is 1.22 bits per heavy atom. The molecule has 0 atom stereocenters. The van der Waals surface area contributed by atoms with Crippen molar-refractivity contribution in [3.8, 4) is 0 Å². The summed E-state index contributed by atoms with van der Waals surface area (Å²) in [5.41, 5.74) is -1.27. The van der Waals surface area contributed by atoms with Gasteiger partial charge in [0.15, 0.2) is 0 Å². The van der Waals surface area contributed by atoms with E-state index in [-0.39, 0.29) is 32.9 Å². The summed E-state index contributed by atoms with van der Waals surface area (Å²) in [5, 5.41) is 4.14. The van der Waals surface area contributed by atoms with E-state index in [1.165, 1.54) is 37.7 Å². The number of nitrogens with zero attached hydrogens (tertiary/aromatic N) is 2. The van der Waals surface area contributed by atoms with Crippen LogP contribution in [-0.4, -0.2) is 30.3 Å². The highest BCUT2D eigenvalue weighted by molar-refractivity contribution is 7.90. The van der Waals surface area contributed by atoms with E-state index in [0.717, 1.165) is 12.1 Å². The Hall–Kier alpha value is -2.33. The van der Waals surface area contributed by atoms with Crippen LogP contribution in [0.5, 0.6) is 0 Å². The zero-order valence-electron chi connectivity index (χ0n) is 14.4. The fraction of sp³-hybridized carbons (Fsp3) is 0.250. The summed E-state index contributed by atoms with van der Waals surface area (Å²) in [5.74, 6) is -1.43. The molecule has 11 heteroatoms. The number of sulfonamides is 1. The Labute approximate surface area is 158 Å². The molecule has 0 spiro atoms. The molecule has 0 aliphatic heterocycles. The highest BCUT2D eigenvalue weighted by Crippen LogP contribution is 2.34. The maximum absolute atomic E-state index is 13.3. The van der Waals surface area contributed by atoms with Gasteiger partial charge in [-0.15, -0.1) is 0 Å². The van der Waals surface area contributed by atoms with Crippen molar-refractivity contribution >= 4 is 33.1 Å². The number of amides is 1. The number of carbonyl (C=O) groups is 1. The lowest BCUT2D eigenvalue weighted by molar-refractivity contribution is -0.115. The number of allylic oxidation sites excluding steroid dienone is 1. The largest absolute Gasteiger partial charge is 0.417 e. The Morgan fingerprint density at radius 2 is 1.78 bits per heavy atom. The molecule has 27 heavy (non-hydrogen) atoms. The number of halogens is 4. The molecule has 0 bridgehead atoms. The van der Waals surface area contributed by atoms with Crippen molar-refractivity contribution in [1.29, 1.82) is 0 Å². The molecule has 1 N–H and O–H groups in total. The van der Waals surface area contributed by atoms with E-state index in [2.05, 4.69) is 5.10 Å². The second-order valence-corrected chi connectivity index (χ2v) is 7.71. The highest BCUT2D eigenvalue weighted by Gasteiger charge is 2.36. The predicted octanol–water partition coefficient (Wildman–Crippen LogP) is 3.14. The monoisotopic (exact) mass is 421 g/mol. The van der Waals surface area contributed by atoms with Crippen molar-refractivity contribution in [2.24, 2.45) is 7.05 Å². The summed E-state index contributed by atoms with van der Waals surface area (Å²) < 4.78 is 67.6. The van der Waals surface area contributed by atoms with E-state index in [1.54, 1.807) is 4.72 Å². The van der Waals surface area contributed by atoms with Gasteiger partial charge in [0.25, 0.3) is 15.9 Å². The first-order valence-corrected chi connectivity index (χ1v) is 9.31. The number of alkyl halides is 3. The minimum Gasteiger partial charge on any atom is -0.271 e. The lowest BCUT2D eigenvalue weighted by Gasteiger charge is -2.12. The fourth-order valence-electron chi connectivity index (χ4n) is 2.45. The van der Waals surface area contributed by atoms with Crippen LogP contribution < -0.4 is 4.72 Å². The molecule has 1 heterocycles. The Bertz CT molecular complexity index is 1010. The van der Waals surface area contributed by atoms with Crippen LogP contribution in [0.25, 0.3) is 5.57 Å². The fourth-order valence-corrected chi connectivity index (χ4v) is 3.95. The molecule has 0 unspecified atom stereocenters. The number of aromatic nitrogens is 2. The van der Waals surface area contributed by atoms with Gasteiger partial charge in [-0.25, -0.2) is 13.1 Å². The van der Waals surface area contributed by atoms with Crippen LogP contribution in [0, 0.1) is 13.8 Å². The number of rotatable bonds is 4. The first kappa shape index (κ1) is 21.0.